The molecule has 2 heterocycles. The molecule has 5 N–H and O–H groups in total. The molecule has 2 aliphatic rings. The van der Waals surface area contributed by atoms with E-state index in [1.165, 1.54) is 24.3 Å². The number of rotatable bonds is 6. The standard InChI is InChI=1S/C22H19NO8/c24-17(25)13-15(19(28)29)22(12-9-5-2-6-10-12)16(20(30)31)14(18(26)27)21(13,23-22)11-7-3-1-4-8-11/h1-10,13-16,23H,(H,24,25)(H,26,27)(H,28,29)(H,30,31)/t13-,14+,15+,16-,21?,22?. The highest BCUT2D eigenvalue weighted by Gasteiger charge is 2.81. The molecule has 2 saturated heterocycles. The summed E-state index contributed by atoms with van der Waals surface area (Å²) in [5, 5.41) is 43.5. The van der Waals surface area contributed by atoms with Crippen molar-refractivity contribution in [2.75, 3.05) is 0 Å². The molecular formula is C22H19NO8. The van der Waals surface area contributed by atoms with Crippen molar-refractivity contribution in [2.45, 2.75) is 11.1 Å². The first-order valence-electron chi connectivity index (χ1n) is 9.51. The van der Waals surface area contributed by atoms with Gasteiger partial charge in [0.2, 0.25) is 0 Å². The third-order valence-electron chi connectivity index (χ3n) is 6.61. The summed E-state index contributed by atoms with van der Waals surface area (Å²) >= 11 is 0. The van der Waals surface area contributed by atoms with Crippen molar-refractivity contribution in [3.63, 3.8) is 0 Å². The van der Waals surface area contributed by atoms with E-state index >= 15 is 0 Å². The van der Waals surface area contributed by atoms with Crippen LogP contribution in [0.5, 0.6) is 0 Å². The number of carbonyl (C=O) groups is 4. The van der Waals surface area contributed by atoms with Gasteiger partial charge in [0.05, 0.1) is 34.7 Å². The van der Waals surface area contributed by atoms with E-state index in [1.807, 2.05) is 0 Å². The maximum atomic E-state index is 12.5. The number of fused-ring (bicyclic) bond motifs is 2. The van der Waals surface area contributed by atoms with Crippen molar-refractivity contribution < 1.29 is 39.6 Å². The molecule has 9 nitrogen and oxygen atoms in total. The maximum Gasteiger partial charge on any atom is 0.309 e. The highest BCUT2D eigenvalue weighted by Crippen LogP contribution is 2.66. The van der Waals surface area contributed by atoms with Gasteiger partial charge in [-0.3, -0.25) is 24.5 Å². The van der Waals surface area contributed by atoms with Crippen LogP contribution < -0.4 is 5.32 Å². The van der Waals surface area contributed by atoms with Crippen LogP contribution in [0, 0.1) is 23.7 Å². The van der Waals surface area contributed by atoms with Crippen LogP contribution in [0.15, 0.2) is 60.7 Å². The lowest BCUT2D eigenvalue weighted by atomic mass is 9.54. The first kappa shape index (κ1) is 20.5. The second-order valence-electron chi connectivity index (χ2n) is 7.86. The Bertz CT molecular complexity index is 942. The summed E-state index contributed by atoms with van der Waals surface area (Å²) in [6, 6.07) is 15.5. The van der Waals surface area contributed by atoms with Crippen LogP contribution in [-0.4, -0.2) is 44.3 Å². The lowest BCUT2D eigenvalue weighted by Gasteiger charge is -2.43. The Kier molecular flexibility index (Phi) is 4.58. The number of hydrogen-bond acceptors (Lipinski definition) is 5. The Morgan fingerprint density at radius 1 is 0.548 bits per heavy atom. The van der Waals surface area contributed by atoms with Gasteiger partial charge in [-0.05, 0) is 11.1 Å². The molecule has 2 aromatic rings. The average molecular weight is 425 g/mol. The van der Waals surface area contributed by atoms with Crippen LogP contribution in [0.2, 0.25) is 0 Å². The molecule has 2 bridgehead atoms. The summed E-state index contributed by atoms with van der Waals surface area (Å²) in [6.07, 6.45) is 0. The molecule has 0 aromatic heterocycles. The van der Waals surface area contributed by atoms with Gasteiger partial charge in [0.1, 0.15) is 0 Å². The molecule has 2 fully saturated rings. The van der Waals surface area contributed by atoms with Crippen molar-refractivity contribution in [1.82, 2.24) is 5.32 Å². The molecule has 6 atom stereocenters. The molecule has 2 aromatic carbocycles. The zero-order chi connectivity index (χ0) is 22.6. The third-order valence-corrected chi connectivity index (χ3v) is 6.61. The molecule has 0 saturated carbocycles. The molecule has 2 unspecified atom stereocenters. The number of carboxylic acid groups (broad SMARTS) is 4. The minimum Gasteiger partial charge on any atom is -0.481 e. The topological polar surface area (TPSA) is 161 Å². The fourth-order valence-corrected chi connectivity index (χ4v) is 5.73. The van der Waals surface area contributed by atoms with Crippen LogP contribution in [0.4, 0.5) is 0 Å². The van der Waals surface area contributed by atoms with E-state index < -0.39 is 58.6 Å². The molecule has 31 heavy (non-hydrogen) atoms. The number of aliphatic carboxylic acids is 4. The zero-order valence-electron chi connectivity index (χ0n) is 16.0. The smallest absolute Gasteiger partial charge is 0.309 e. The first-order chi connectivity index (χ1) is 14.7. The van der Waals surface area contributed by atoms with Crippen molar-refractivity contribution >= 4 is 23.9 Å². The molecule has 0 aliphatic carbocycles. The van der Waals surface area contributed by atoms with Gasteiger partial charge in [0, 0.05) is 0 Å². The van der Waals surface area contributed by atoms with Crippen LogP contribution in [0.3, 0.4) is 0 Å². The van der Waals surface area contributed by atoms with Gasteiger partial charge in [-0.2, -0.15) is 0 Å². The summed E-state index contributed by atoms with van der Waals surface area (Å²) in [4.78, 5) is 49.8. The van der Waals surface area contributed by atoms with E-state index in [2.05, 4.69) is 5.32 Å². The van der Waals surface area contributed by atoms with Gasteiger partial charge < -0.3 is 20.4 Å². The molecular weight excluding hydrogens is 406 g/mol. The number of carboxylic acids is 4. The van der Waals surface area contributed by atoms with Crippen molar-refractivity contribution in [3.8, 4) is 0 Å². The second kappa shape index (κ2) is 6.92. The largest absolute Gasteiger partial charge is 0.481 e. The van der Waals surface area contributed by atoms with Gasteiger partial charge in [-0.25, -0.2) is 0 Å². The van der Waals surface area contributed by atoms with E-state index in [0.717, 1.165) is 0 Å². The van der Waals surface area contributed by atoms with Gasteiger partial charge in [0.25, 0.3) is 0 Å². The molecule has 4 rings (SSSR count). The van der Waals surface area contributed by atoms with Gasteiger partial charge in [0.15, 0.2) is 0 Å². The fourth-order valence-electron chi connectivity index (χ4n) is 5.73. The van der Waals surface area contributed by atoms with Crippen LogP contribution in [0.25, 0.3) is 0 Å². The highest BCUT2D eigenvalue weighted by atomic mass is 16.4. The van der Waals surface area contributed by atoms with E-state index in [4.69, 9.17) is 0 Å². The monoisotopic (exact) mass is 425 g/mol. The number of hydrogen-bond donors (Lipinski definition) is 5. The number of benzene rings is 2. The summed E-state index contributed by atoms with van der Waals surface area (Å²) in [6.45, 7) is 0. The van der Waals surface area contributed by atoms with E-state index in [1.54, 1.807) is 36.4 Å². The molecule has 0 amide bonds. The average Bonchev–Trinajstić information content (AvgIpc) is 3.24. The summed E-state index contributed by atoms with van der Waals surface area (Å²) < 4.78 is 0. The SMILES string of the molecule is O=C(O)[C@@H]1[C@H](C(=O)O)C2(c3ccccc3)NC1(c1ccccc1)[C@@H](C(=O)O)[C@H]2C(=O)O. The maximum absolute atomic E-state index is 12.5. The predicted molar refractivity (Wildman–Crippen MR) is 104 cm³/mol. The van der Waals surface area contributed by atoms with Gasteiger partial charge in [-0.15, -0.1) is 0 Å². The van der Waals surface area contributed by atoms with Gasteiger partial charge >= 0.3 is 23.9 Å². The Balaban J connectivity index is 2.16. The Hall–Kier alpha value is -3.72. The number of nitrogens with one attached hydrogen (secondary N) is 1. The summed E-state index contributed by atoms with van der Waals surface area (Å²) in [5.74, 6) is -13.0. The minimum atomic E-state index is -1.96. The highest BCUT2D eigenvalue weighted by molar-refractivity contribution is 5.93. The molecule has 160 valence electrons. The lowest BCUT2D eigenvalue weighted by Crippen LogP contribution is -2.58. The molecule has 9 heteroatoms. The zero-order valence-corrected chi connectivity index (χ0v) is 16.0. The van der Waals surface area contributed by atoms with Crippen LogP contribution in [-0.2, 0) is 30.3 Å². The van der Waals surface area contributed by atoms with Crippen molar-refractivity contribution in [1.29, 1.82) is 0 Å². The third kappa shape index (κ3) is 2.53. The van der Waals surface area contributed by atoms with E-state index in [-0.39, 0.29) is 11.1 Å². The lowest BCUT2D eigenvalue weighted by molar-refractivity contribution is -0.172. The van der Waals surface area contributed by atoms with Crippen molar-refractivity contribution in [2.24, 2.45) is 23.7 Å². The fraction of sp³-hybridized carbons (Fsp3) is 0.273. The quantitative estimate of drug-likeness (QED) is 0.458. The summed E-state index contributed by atoms with van der Waals surface area (Å²) in [5.41, 5.74) is -3.49. The van der Waals surface area contributed by atoms with Gasteiger partial charge in [-0.1, -0.05) is 60.7 Å². The van der Waals surface area contributed by atoms with Crippen LogP contribution >= 0.6 is 0 Å². The normalized spacial score (nSPS) is 33.7. The minimum absolute atomic E-state index is 0.211. The van der Waals surface area contributed by atoms with E-state index in [0.29, 0.717) is 0 Å². The second-order valence-corrected chi connectivity index (χ2v) is 7.86. The predicted octanol–water partition coefficient (Wildman–Crippen LogP) is 1.20. The van der Waals surface area contributed by atoms with E-state index in [9.17, 15) is 39.6 Å². The molecule has 0 spiro atoms. The summed E-state index contributed by atoms with van der Waals surface area (Å²) in [7, 11) is 0. The first-order valence-corrected chi connectivity index (χ1v) is 9.51. The Labute approximate surface area is 175 Å². The Morgan fingerprint density at radius 3 is 1.03 bits per heavy atom. The molecule has 2 aliphatic heterocycles. The van der Waals surface area contributed by atoms with Crippen LogP contribution in [0.1, 0.15) is 11.1 Å². The Morgan fingerprint density at radius 2 is 0.806 bits per heavy atom. The molecule has 0 radical (unpaired) electrons. The van der Waals surface area contributed by atoms with Crippen molar-refractivity contribution in [3.05, 3.63) is 71.8 Å².